The number of para-hydroxylation sites is 1. The second-order valence-electron chi connectivity index (χ2n) is 8.08. The largest absolute Gasteiger partial charge is 0.457 e. The van der Waals surface area contributed by atoms with Crippen molar-refractivity contribution < 1.29 is 9.53 Å². The number of nitrogens with zero attached hydrogens (tertiary/aromatic N) is 1. The van der Waals surface area contributed by atoms with Crippen LogP contribution in [0, 0.1) is 6.92 Å². The van der Waals surface area contributed by atoms with E-state index in [4.69, 9.17) is 9.72 Å². The van der Waals surface area contributed by atoms with E-state index in [1.54, 1.807) is 0 Å². The number of pyridine rings is 1. The SMILES string of the molecule is Cc1ccc(-c2cc(C(=O)OCc3ccc(-c4ccccc4)cc3)c3ccccc3n2)cc1. The molecule has 0 N–H and O–H groups in total. The van der Waals surface area contributed by atoms with Gasteiger partial charge in [-0.2, -0.15) is 0 Å². The fourth-order valence-corrected chi connectivity index (χ4v) is 3.87. The minimum absolute atomic E-state index is 0.213. The number of fused-ring (bicyclic) bond motifs is 1. The van der Waals surface area contributed by atoms with Crippen LogP contribution in [0.2, 0.25) is 0 Å². The van der Waals surface area contributed by atoms with Gasteiger partial charge in [0.15, 0.2) is 0 Å². The van der Waals surface area contributed by atoms with E-state index in [1.807, 2.05) is 91.9 Å². The van der Waals surface area contributed by atoms with E-state index in [0.717, 1.165) is 38.9 Å². The Morgan fingerprint density at radius 1 is 0.727 bits per heavy atom. The monoisotopic (exact) mass is 429 g/mol. The van der Waals surface area contributed by atoms with Crippen LogP contribution in [0.4, 0.5) is 0 Å². The molecule has 3 nitrogen and oxygen atoms in total. The lowest BCUT2D eigenvalue weighted by Crippen LogP contribution is -2.07. The third-order valence-electron chi connectivity index (χ3n) is 5.71. The Kier molecular flexibility index (Phi) is 5.69. The molecule has 0 aliphatic rings. The number of esters is 1. The molecule has 0 aliphatic heterocycles. The van der Waals surface area contributed by atoms with E-state index in [9.17, 15) is 4.79 Å². The van der Waals surface area contributed by atoms with E-state index in [2.05, 4.69) is 24.3 Å². The maximum atomic E-state index is 13.1. The zero-order chi connectivity index (χ0) is 22.6. The summed E-state index contributed by atoms with van der Waals surface area (Å²) in [6, 6.07) is 35.9. The summed E-state index contributed by atoms with van der Waals surface area (Å²) in [5.74, 6) is -0.353. The molecule has 1 aromatic heterocycles. The summed E-state index contributed by atoms with van der Waals surface area (Å²) in [6.07, 6.45) is 0. The summed E-state index contributed by atoms with van der Waals surface area (Å²) >= 11 is 0. The van der Waals surface area contributed by atoms with Crippen molar-refractivity contribution in [3.63, 3.8) is 0 Å². The maximum absolute atomic E-state index is 13.1. The van der Waals surface area contributed by atoms with Gasteiger partial charge in [-0.25, -0.2) is 9.78 Å². The molecule has 3 heteroatoms. The summed E-state index contributed by atoms with van der Waals surface area (Å²) in [7, 11) is 0. The quantitative estimate of drug-likeness (QED) is 0.277. The van der Waals surface area contributed by atoms with Gasteiger partial charge in [-0.05, 0) is 35.7 Å². The molecular formula is C30H23NO2. The van der Waals surface area contributed by atoms with Crippen molar-refractivity contribution in [1.82, 2.24) is 4.98 Å². The van der Waals surface area contributed by atoms with Crippen LogP contribution in [0.5, 0.6) is 0 Å². The molecule has 0 radical (unpaired) electrons. The summed E-state index contributed by atoms with van der Waals surface area (Å²) in [4.78, 5) is 17.9. The van der Waals surface area contributed by atoms with Gasteiger partial charge in [0.25, 0.3) is 0 Å². The molecule has 0 saturated heterocycles. The highest BCUT2D eigenvalue weighted by Gasteiger charge is 2.15. The highest BCUT2D eigenvalue weighted by molar-refractivity contribution is 6.04. The number of hydrogen-bond donors (Lipinski definition) is 0. The molecule has 0 fully saturated rings. The third-order valence-corrected chi connectivity index (χ3v) is 5.71. The van der Waals surface area contributed by atoms with Crippen LogP contribution in [0.15, 0.2) is 109 Å². The number of rotatable bonds is 5. The minimum Gasteiger partial charge on any atom is -0.457 e. The fourth-order valence-electron chi connectivity index (χ4n) is 3.87. The van der Waals surface area contributed by atoms with Crippen molar-refractivity contribution in [2.75, 3.05) is 0 Å². The van der Waals surface area contributed by atoms with Gasteiger partial charge in [-0.1, -0.05) is 103 Å². The van der Waals surface area contributed by atoms with Gasteiger partial charge in [0, 0.05) is 10.9 Å². The topological polar surface area (TPSA) is 39.2 Å². The van der Waals surface area contributed by atoms with Gasteiger partial charge in [-0.3, -0.25) is 0 Å². The molecule has 1 heterocycles. The molecule has 0 aliphatic carbocycles. The summed E-state index contributed by atoms with van der Waals surface area (Å²) in [5.41, 5.74) is 7.44. The third kappa shape index (κ3) is 4.53. The molecule has 33 heavy (non-hydrogen) atoms. The van der Waals surface area contributed by atoms with E-state index in [1.165, 1.54) is 5.56 Å². The summed E-state index contributed by atoms with van der Waals surface area (Å²) in [5, 5.41) is 0.790. The first-order valence-corrected chi connectivity index (χ1v) is 11.0. The Balaban J connectivity index is 1.39. The van der Waals surface area contributed by atoms with Crippen LogP contribution in [-0.2, 0) is 11.3 Å². The van der Waals surface area contributed by atoms with Crippen LogP contribution in [0.3, 0.4) is 0 Å². The number of carbonyl (C=O) groups is 1. The molecule has 4 aromatic carbocycles. The zero-order valence-corrected chi connectivity index (χ0v) is 18.4. The average Bonchev–Trinajstić information content (AvgIpc) is 2.88. The Labute approximate surface area is 193 Å². The smallest absolute Gasteiger partial charge is 0.339 e. The molecule has 5 rings (SSSR count). The van der Waals surface area contributed by atoms with Crippen molar-refractivity contribution >= 4 is 16.9 Å². The minimum atomic E-state index is -0.353. The molecule has 160 valence electrons. The van der Waals surface area contributed by atoms with Gasteiger partial charge in [-0.15, -0.1) is 0 Å². The van der Waals surface area contributed by atoms with E-state index in [0.29, 0.717) is 5.56 Å². The number of hydrogen-bond acceptors (Lipinski definition) is 3. The number of carbonyl (C=O) groups excluding carboxylic acids is 1. The van der Waals surface area contributed by atoms with Crippen LogP contribution >= 0.6 is 0 Å². The second kappa shape index (κ2) is 9.09. The zero-order valence-electron chi connectivity index (χ0n) is 18.4. The van der Waals surface area contributed by atoms with Crippen molar-refractivity contribution in [2.24, 2.45) is 0 Å². The second-order valence-corrected chi connectivity index (χ2v) is 8.08. The molecule has 0 spiro atoms. The molecule has 0 unspecified atom stereocenters. The number of aromatic nitrogens is 1. The first-order chi connectivity index (χ1) is 16.2. The van der Waals surface area contributed by atoms with Gasteiger partial charge < -0.3 is 4.74 Å². The lowest BCUT2D eigenvalue weighted by molar-refractivity contribution is 0.0475. The Morgan fingerprint density at radius 3 is 2.12 bits per heavy atom. The average molecular weight is 430 g/mol. The Bertz CT molecular complexity index is 1410. The predicted octanol–water partition coefficient (Wildman–Crippen LogP) is 7.23. The van der Waals surface area contributed by atoms with Gasteiger partial charge in [0.1, 0.15) is 6.61 Å². The van der Waals surface area contributed by atoms with E-state index >= 15 is 0 Å². The molecule has 5 aromatic rings. The lowest BCUT2D eigenvalue weighted by Gasteiger charge is -2.11. The van der Waals surface area contributed by atoms with Crippen LogP contribution < -0.4 is 0 Å². The first-order valence-electron chi connectivity index (χ1n) is 11.0. The molecular weight excluding hydrogens is 406 g/mol. The molecule has 0 amide bonds. The van der Waals surface area contributed by atoms with Gasteiger partial charge in [0.2, 0.25) is 0 Å². The fraction of sp³-hybridized carbons (Fsp3) is 0.0667. The summed E-state index contributed by atoms with van der Waals surface area (Å²) in [6.45, 7) is 2.26. The van der Waals surface area contributed by atoms with Crippen molar-refractivity contribution in [1.29, 1.82) is 0 Å². The van der Waals surface area contributed by atoms with Crippen molar-refractivity contribution in [3.05, 3.63) is 126 Å². The molecule has 0 atom stereocenters. The van der Waals surface area contributed by atoms with Gasteiger partial charge in [0.05, 0.1) is 16.8 Å². The molecule has 0 saturated carbocycles. The predicted molar refractivity (Wildman–Crippen MR) is 133 cm³/mol. The Hall–Kier alpha value is -4.24. The normalized spacial score (nSPS) is 10.8. The van der Waals surface area contributed by atoms with Crippen molar-refractivity contribution in [3.8, 4) is 22.4 Å². The number of aryl methyl sites for hydroxylation is 1. The van der Waals surface area contributed by atoms with Crippen LogP contribution in [-0.4, -0.2) is 11.0 Å². The van der Waals surface area contributed by atoms with Crippen LogP contribution in [0.25, 0.3) is 33.3 Å². The molecule has 0 bridgehead atoms. The highest BCUT2D eigenvalue weighted by Crippen LogP contribution is 2.26. The highest BCUT2D eigenvalue weighted by atomic mass is 16.5. The number of benzene rings is 4. The van der Waals surface area contributed by atoms with Crippen LogP contribution in [0.1, 0.15) is 21.5 Å². The van der Waals surface area contributed by atoms with Crippen molar-refractivity contribution in [2.45, 2.75) is 13.5 Å². The Morgan fingerprint density at radius 2 is 1.36 bits per heavy atom. The maximum Gasteiger partial charge on any atom is 0.339 e. The lowest BCUT2D eigenvalue weighted by atomic mass is 10.0. The summed E-state index contributed by atoms with van der Waals surface area (Å²) < 4.78 is 5.71. The van der Waals surface area contributed by atoms with E-state index < -0.39 is 0 Å². The first kappa shape index (κ1) is 20.7. The standard InChI is InChI=1S/C30H23NO2/c1-21-11-15-25(16-12-21)29-19-27(26-9-5-6-10-28(26)31-29)30(32)33-20-22-13-17-24(18-14-22)23-7-3-2-4-8-23/h2-19H,20H2,1H3. The van der Waals surface area contributed by atoms with Gasteiger partial charge >= 0.3 is 5.97 Å². The number of ether oxygens (including phenoxy) is 1. The van der Waals surface area contributed by atoms with E-state index in [-0.39, 0.29) is 12.6 Å².